The normalized spacial score (nSPS) is 24.8. The van der Waals surface area contributed by atoms with Gasteiger partial charge in [0.2, 0.25) is 0 Å². The van der Waals surface area contributed by atoms with Crippen LogP contribution in [-0.2, 0) is 0 Å². The largest absolute Gasteiger partial charge is 0.507 e. The van der Waals surface area contributed by atoms with Crippen LogP contribution in [0.5, 0.6) is 23.0 Å². The fourth-order valence-electron chi connectivity index (χ4n) is 5.76. The molecule has 2 N–H and O–H groups in total. The minimum atomic E-state index is -0.680. The minimum absolute atomic E-state index is 0.00778. The van der Waals surface area contributed by atoms with Crippen molar-refractivity contribution in [3.8, 4) is 34.1 Å². The van der Waals surface area contributed by atoms with E-state index in [1.54, 1.807) is 20.3 Å². The van der Waals surface area contributed by atoms with Crippen LogP contribution in [0, 0.1) is 0 Å². The molecule has 5 nitrogen and oxygen atoms in total. The Morgan fingerprint density at radius 2 is 1.67 bits per heavy atom. The van der Waals surface area contributed by atoms with Crippen molar-refractivity contribution in [2.75, 3.05) is 14.2 Å². The summed E-state index contributed by atoms with van der Waals surface area (Å²) in [6, 6.07) is 15.4. The average molecular weight is 402 g/mol. The number of aliphatic hydroxyl groups is 1. The summed E-state index contributed by atoms with van der Waals surface area (Å²) in [7, 11) is 3.22. The predicted octanol–water partition coefficient (Wildman–Crippen LogP) is 4.83. The number of benzene rings is 3. The van der Waals surface area contributed by atoms with Crippen LogP contribution in [0.3, 0.4) is 0 Å². The number of hydrogen-bond acceptors (Lipinski definition) is 5. The number of aromatic hydroxyl groups is 1. The lowest BCUT2D eigenvalue weighted by Gasteiger charge is -2.48. The molecule has 0 saturated carbocycles. The molecule has 152 valence electrons. The van der Waals surface area contributed by atoms with Gasteiger partial charge in [-0.25, -0.2) is 0 Å². The van der Waals surface area contributed by atoms with Crippen LogP contribution >= 0.6 is 0 Å². The third-order valence-corrected chi connectivity index (χ3v) is 6.88. The Hall–Kier alpha value is -3.18. The smallest absolute Gasteiger partial charge is 0.132 e. The van der Waals surface area contributed by atoms with Gasteiger partial charge in [-0.1, -0.05) is 30.3 Å². The summed E-state index contributed by atoms with van der Waals surface area (Å²) in [6.07, 6.45) is -0.354. The van der Waals surface area contributed by atoms with Crippen molar-refractivity contribution >= 4 is 0 Å². The molecule has 1 heterocycles. The topological polar surface area (TPSA) is 68.2 Å². The number of para-hydroxylation sites is 1. The van der Waals surface area contributed by atoms with Crippen molar-refractivity contribution in [2.24, 2.45) is 0 Å². The molecule has 1 aliphatic heterocycles. The Kier molecular flexibility index (Phi) is 3.63. The molecule has 5 heteroatoms. The number of fused-ring (bicyclic) bond motifs is 5. The third-order valence-electron chi connectivity index (χ3n) is 6.88. The third kappa shape index (κ3) is 2.10. The number of phenolic OH excluding ortho intramolecular Hbond substituents is 1. The Labute approximate surface area is 174 Å². The molecule has 0 unspecified atom stereocenters. The maximum Gasteiger partial charge on any atom is 0.132 e. The molecule has 3 aromatic carbocycles. The zero-order valence-corrected chi connectivity index (χ0v) is 16.8. The first-order valence-corrected chi connectivity index (χ1v) is 10.2. The van der Waals surface area contributed by atoms with Gasteiger partial charge in [0.1, 0.15) is 29.1 Å². The van der Waals surface area contributed by atoms with E-state index in [0.29, 0.717) is 23.5 Å². The van der Waals surface area contributed by atoms with Gasteiger partial charge in [-0.3, -0.25) is 0 Å². The standard InChI is InChI=1S/C25H22O5/c1-28-18-11-19(29-2)23-20-13(7-5-8-15(20)26)25-21-14(10-16(27)22(18)24(21)23)12-6-3-4-9-17(12)30-25/h3-9,11,14,16,21,25-27H,10H2,1-2H3/t14-,16+,21+,25+/m1/s1. The minimum Gasteiger partial charge on any atom is -0.507 e. The molecule has 30 heavy (non-hydrogen) atoms. The second-order valence-electron chi connectivity index (χ2n) is 8.18. The van der Waals surface area contributed by atoms with E-state index in [0.717, 1.165) is 33.6 Å². The van der Waals surface area contributed by atoms with Crippen LogP contribution < -0.4 is 14.2 Å². The molecule has 0 amide bonds. The van der Waals surface area contributed by atoms with Gasteiger partial charge in [0.15, 0.2) is 0 Å². The molecular weight excluding hydrogens is 380 g/mol. The summed E-state index contributed by atoms with van der Waals surface area (Å²) in [5.74, 6) is 2.33. The van der Waals surface area contributed by atoms with Gasteiger partial charge in [-0.15, -0.1) is 0 Å². The Balaban J connectivity index is 1.76. The molecule has 0 aromatic heterocycles. The second kappa shape index (κ2) is 6.16. The van der Waals surface area contributed by atoms with Gasteiger partial charge in [0, 0.05) is 40.2 Å². The summed E-state index contributed by atoms with van der Waals surface area (Å²) in [5.41, 5.74) is 5.33. The van der Waals surface area contributed by atoms with Gasteiger partial charge < -0.3 is 24.4 Å². The number of aliphatic hydroxyl groups excluding tert-OH is 1. The van der Waals surface area contributed by atoms with Gasteiger partial charge in [-0.2, -0.15) is 0 Å². The highest BCUT2D eigenvalue weighted by Crippen LogP contribution is 2.66. The highest BCUT2D eigenvalue weighted by atomic mass is 16.5. The summed E-state index contributed by atoms with van der Waals surface area (Å²) in [4.78, 5) is 0. The summed E-state index contributed by atoms with van der Waals surface area (Å²) in [6.45, 7) is 0. The summed E-state index contributed by atoms with van der Waals surface area (Å²) >= 11 is 0. The predicted molar refractivity (Wildman–Crippen MR) is 112 cm³/mol. The van der Waals surface area contributed by atoms with Crippen LogP contribution in [0.1, 0.15) is 52.7 Å². The second-order valence-corrected chi connectivity index (χ2v) is 8.18. The molecule has 2 aliphatic carbocycles. The maximum atomic E-state index is 11.2. The lowest BCUT2D eigenvalue weighted by Crippen LogP contribution is -2.36. The fraction of sp³-hybridized carbons (Fsp3) is 0.280. The number of methoxy groups -OCH3 is 2. The highest BCUT2D eigenvalue weighted by molar-refractivity contribution is 5.87. The van der Waals surface area contributed by atoms with Gasteiger partial charge in [-0.05, 0) is 29.7 Å². The van der Waals surface area contributed by atoms with Crippen LogP contribution in [0.2, 0.25) is 0 Å². The van der Waals surface area contributed by atoms with Gasteiger partial charge in [0.25, 0.3) is 0 Å². The van der Waals surface area contributed by atoms with E-state index >= 15 is 0 Å². The quantitative estimate of drug-likeness (QED) is 0.643. The van der Waals surface area contributed by atoms with Gasteiger partial charge >= 0.3 is 0 Å². The molecule has 0 saturated heterocycles. The van der Waals surface area contributed by atoms with Crippen LogP contribution in [-0.4, -0.2) is 24.4 Å². The molecule has 0 radical (unpaired) electrons. The molecule has 3 aromatic rings. The van der Waals surface area contributed by atoms with Crippen molar-refractivity contribution in [3.05, 3.63) is 70.8 Å². The molecular formula is C25H22O5. The summed E-state index contributed by atoms with van der Waals surface area (Å²) < 4.78 is 18.0. The number of hydrogen-bond donors (Lipinski definition) is 2. The lowest BCUT2D eigenvalue weighted by atomic mass is 9.61. The molecule has 3 aliphatic rings. The number of ether oxygens (including phenoxy) is 3. The van der Waals surface area contributed by atoms with E-state index in [1.807, 2.05) is 36.4 Å². The van der Waals surface area contributed by atoms with E-state index in [-0.39, 0.29) is 23.7 Å². The van der Waals surface area contributed by atoms with Crippen molar-refractivity contribution < 1.29 is 24.4 Å². The van der Waals surface area contributed by atoms with Crippen molar-refractivity contribution in [2.45, 2.75) is 30.5 Å². The van der Waals surface area contributed by atoms with Crippen LogP contribution in [0.25, 0.3) is 11.1 Å². The van der Waals surface area contributed by atoms with E-state index in [2.05, 4.69) is 6.07 Å². The average Bonchev–Trinajstić information content (AvgIpc) is 2.77. The molecule has 6 rings (SSSR count). The molecule has 0 bridgehead atoms. The van der Waals surface area contributed by atoms with E-state index < -0.39 is 6.10 Å². The van der Waals surface area contributed by atoms with Crippen LogP contribution in [0.4, 0.5) is 0 Å². The first-order chi connectivity index (χ1) is 14.6. The monoisotopic (exact) mass is 402 g/mol. The van der Waals surface area contributed by atoms with E-state index in [4.69, 9.17) is 14.2 Å². The summed E-state index contributed by atoms with van der Waals surface area (Å²) in [5, 5.41) is 22.1. The zero-order valence-electron chi connectivity index (χ0n) is 16.8. The molecule has 0 fully saturated rings. The number of rotatable bonds is 2. The van der Waals surface area contributed by atoms with Crippen LogP contribution in [0.15, 0.2) is 48.5 Å². The van der Waals surface area contributed by atoms with Gasteiger partial charge in [0.05, 0.1) is 20.3 Å². The van der Waals surface area contributed by atoms with Crippen molar-refractivity contribution in [1.29, 1.82) is 0 Å². The molecule has 0 spiro atoms. The lowest BCUT2D eigenvalue weighted by molar-refractivity contribution is 0.0782. The zero-order chi connectivity index (χ0) is 20.6. The Bertz CT molecular complexity index is 1180. The molecule has 4 atom stereocenters. The fourth-order valence-corrected chi connectivity index (χ4v) is 5.76. The van der Waals surface area contributed by atoms with E-state index in [9.17, 15) is 10.2 Å². The van der Waals surface area contributed by atoms with Crippen molar-refractivity contribution in [3.63, 3.8) is 0 Å². The Morgan fingerprint density at radius 3 is 2.47 bits per heavy atom. The first kappa shape index (κ1) is 17.7. The first-order valence-electron chi connectivity index (χ1n) is 10.2. The maximum absolute atomic E-state index is 11.2. The SMILES string of the molecule is COc1cc(OC)c2c3c1-c1c(O)cccc1[C@@H]1Oc4ccccc4[C@@H](C[C@@H]2O)[C@@H]31. The highest BCUT2D eigenvalue weighted by Gasteiger charge is 2.51. The Morgan fingerprint density at radius 1 is 0.900 bits per heavy atom. The van der Waals surface area contributed by atoms with Crippen molar-refractivity contribution in [1.82, 2.24) is 0 Å². The van der Waals surface area contributed by atoms with E-state index in [1.165, 1.54) is 0 Å². The number of phenols is 1.